The van der Waals surface area contributed by atoms with Gasteiger partial charge in [-0.15, -0.1) is 0 Å². The van der Waals surface area contributed by atoms with E-state index in [1.165, 1.54) is 0 Å². The van der Waals surface area contributed by atoms with Crippen molar-refractivity contribution in [1.29, 1.82) is 0 Å². The van der Waals surface area contributed by atoms with Crippen LogP contribution in [-0.4, -0.2) is 30.0 Å². The maximum absolute atomic E-state index is 5.81. The summed E-state index contributed by atoms with van der Waals surface area (Å²) in [6.45, 7) is 3.92. The monoisotopic (exact) mass is 243 g/mol. The Morgan fingerprint density at radius 3 is 2.82 bits per heavy atom. The first-order chi connectivity index (χ1) is 8.30. The molecule has 0 bridgehead atoms. The largest absolute Gasteiger partial charge is 0.381 e. The van der Waals surface area contributed by atoms with E-state index in [1.807, 2.05) is 6.92 Å². The van der Waals surface area contributed by atoms with Gasteiger partial charge in [0.1, 0.15) is 12.2 Å². The van der Waals surface area contributed by atoms with Gasteiger partial charge < -0.3 is 14.0 Å². The van der Waals surface area contributed by atoms with Gasteiger partial charge in [-0.3, -0.25) is 4.84 Å². The third-order valence-corrected chi connectivity index (χ3v) is 2.80. The predicted octanol–water partition coefficient (Wildman–Crippen LogP) is 0.502. The Balaban J connectivity index is 2.18. The summed E-state index contributed by atoms with van der Waals surface area (Å²) < 4.78 is 16.2. The average Bonchev–Trinajstić information content (AvgIpc) is 2.80. The van der Waals surface area contributed by atoms with Gasteiger partial charge in [0, 0.05) is 32.7 Å². The number of nitrogens with zero attached hydrogens (tertiary/aromatic N) is 2. The highest BCUT2D eigenvalue weighted by molar-refractivity contribution is 5.03. The minimum absolute atomic E-state index is 0.103. The zero-order valence-electron chi connectivity index (χ0n) is 9.85. The first kappa shape index (κ1) is 12.4. The summed E-state index contributed by atoms with van der Waals surface area (Å²) in [4.78, 5) is 8.71. The van der Waals surface area contributed by atoms with E-state index in [1.54, 1.807) is 0 Å². The van der Waals surface area contributed by atoms with Crippen LogP contribution in [0.1, 0.15) is 31.5 Å². The summed E-state index contributed by atoms with van der Waals surface area (Å²) in [5, 5.41) is 3.95. The molecule has 2 heterocycles. The molecule has 1 saturated heterocycles. The molecule has 0 spiro atoms. The van der Waals surface area contributed by atoms with E-state index in [0.29, 0.717) is 31.5 Å². The quantitative estimate of drug-likeness (QED) is 0.753. The van der Waals surface area contributed by atoms with E-state index in [9.17, 15) is 0 Å². The molecule has 0 amide bonds. The van der Waals surface area contributed by atoms with Gasteiger partial charge in [0.2, 0.25) is 5.82 Å². The van der Waals surface area contributed by atoms with Crippen LogP contribution in [0, 0.1) is 0 Å². The topological polar surface area (TPSA) is 92.6 Å². The molecule has 0 atom stereocenters. The van der Waals surface area contributed by atoms with E-state index >= 15 is 0 Å². The Hall–Kier alpha value is -1.02. The molecular weight excluding hydrogens is 226 g/mol. The molecule has 0 aromatic carbocycles. The van der Waals surface area contributed by atoms with Gasteiger partial charge in [-0.05, 0) is 6.92 Å². The Bertz CT molecular complexity index is 344. The van der Waals surface area contributed by atoms with Crippen molar-refractivity contribution in [3.8, 4) is 0 Å². The van der Waals surface area contributed by atoms with Crippen molar-refractivity contribution in [2.45, 2.75) is 32.0 Å². The molecule has 1 aromatic rings. The summed E-state index contributed by atoms with van der Waals surface area (Å²) in [7, 11) is 0. The van der Waals surface area contributed by atoms with Crippen molar-refractivity contribution in [2.24, 2.45) is 5.90 Å². The lowest BCUT2D eigenvalue weighted by molar-refractivity contribution is -0.118. The fourth-order valence-electron chi connectivity index (χ4n) is 1.98. The Kier molecular flexibility index (Phi) is 4.06. The molecular formula is C10H17N3O4. The van der Waals surface area contributed by atoms with E-state index in [4.69, 9.17) is 19.9 Å². The number of rotatable bonds is 5. The molecule has 96 valence electrons. The zero-order valence-corrected chi connectivity index (χ0v) is 9.85. The highest BCUT2D eigenvalue weighted by Gasteiger charge is 2.39. The SMILES string of the molecule is CCOC1(c2noc(CON)n2)CCOCC1. The number of hydrogen-bond donors (Lipinski definition) is 1. The fraction of sp³-hybridized carbons (Fsp3) is 0.800. The van der Waals surface area contributed by atoms with Crippen LogP contribution < -0.4 is 5.90 Å². The molecule has 0 radical (unpaired) electrons. The fourth-order valence-corrected chi connectivity index (χ4v) is 1.98. The molecule has 0 aliphatic carbocycles. The lowest BCUT2D eigenvalue weighted by Crippen LogP contribution is -2.37. The molecule has 7 nitrogen and oxygen atoms in total. The van der Waals surface area contributed by atoms with Crippen LogP contribution in [0.4, 0.5) is 0 Å². The van der Waals surface area contributed by atoms with Gasteiger partial charge in [-0.2, -0.15) is 4.98 Å². The van der Waals surface area contributed by atoms with E-state index < -0.39 is 5.60 Å². The van der Waals surface area contributed by atoms with E-state index in [0.717, 1.165) is 12.8 Å². The number of hydrogen-bond acceptors (Lipinski definition) is 7. The van der Waals surface area contributed by atoms with Gasteiger partial charge in [0.15, 0.2) is 0 Å². The molecule has 1 aromatic heterocycles. The maximum Gasteiger partial charge on any atom is 0.254 e. The molecule has 1 aliphatic heterocycles. The Morgan fingerprint density at radius 2 is 2.18 bits per heavy atom. The first-order valence-corrected chi connectivity index (χ1v) is 5.67. The number of aromatic nitrogens is 2. The number of ether oxygens (including phenoxy) is 2. The second-order valence-electron chi connectivity index (χ2n) is 3.86. The Labute approximate surface area is 99.2 Å². The number of nitrogens with two attached hydrogens (primary N) is 1. The van der Waals surface area contributed by atoms with Gasteiger partial charge in [0.25, 0.3) is 5.89 Å². The van der Waals surface area contributed by atoms with E-state index in [-0.39, 0.29) is 6.61 Å². The van der Waals surface area contributed by atoms with Crippen molar-refractivity contribution in [3.05, 3.63) is 11.7 Å². The molecule has 2 rings (SSSR count). The molecule has 0 unspecified atom stereocenters. The van der Waals surface area contributed by atoms with Crippen LogP contribution in [0.25, 0.3) is 0 Å². The molecule has 7 heteroatoms. The Morgan fingerprint density at radius 1 is 1.41 bits per heavy atom. The lowest BCUT2D eigenvalue weighted by Gasteiger charge is -2.33. The van der Waals surface area contributed by atoms with Crippen LogP contribution in [-0.2, 0) is 26.5 Å². The summed E-state index contributed by atoms with van der Waals surface area (Å²) in [6.07, 6.45) is 1.45. The van der Waals surface area contributed by atoms with Crippen molar-refractivity contribution < 1.29 is 18.8 Å². The second-order valence-corrected chi connectivity index (χ2v) is 3.86. The zero-order chi connectivity index (χ0) is 12.1. The van der Waals surface area contributed by atoms with Crippen molar-refractivity contribution in [1.82, 2.24) is 10.1 Å². The molecule has 1 fully saturated rings. The minimum atomic E-state index is -0.497. The van der Waals surface area contributed by atoms with Gasteiger partial charge in [-0.25, -0.2) is 5.90 Å². The summed E-state index contributed by atoms with van der Waals surface area (Å²) in [5.41, 5.74) is -0.497. The maximum atomic E-state index is 5.81. The molecule has 1 aliphatic rings. The summed E-state index contributed by atoms with van der Waals surface area (Å²) >= 11 is 0. The highest BCUT2D eigenvalue weighted by atomic mass is 16.6. The summed E-state index contributed by atoms with van der Waals surface area (Å²) in [5.74, 6) is 5.87. The first-order valence-electron chi connectivity index (χ1n) is 5.67. The van der Waals surface area contributed by atoms with Crippen LogP contribution in [0.2, 0.25) is 0 Å². The standard InChI is InChI=1S/C10H17N3O4/c1-2-15-10(3-5-14-6-4-10)9-12-8(7-16-11)17-13-9/h2-7,11H2,1H3. The van der Waals surface area contributed by atoms with Crippen molar-refractivity contribution in [2.75, 3.05) is 19.8 Å². The van der Waals surface area contributed by atoms with Crippen molar-refractivity contribution >= 4 is 0 Å². The van der Waals surface area contributed by atoms with Crippen LogP contribution in [0.3, 0.4) is 0 Å². The van der Waals surface area contributed by atoms with Crippen molar-refractivity contribution in [3.63, 3.8) is 0 Å². The van der Waals surface area contributed by atoms with Gasteiger partial charge in [-0.1, -0.05) is 5.16 Å². The summed E-state index contributed by atoms with van der Waals surface area (Å²) in [6, 6.07) is 0. The molecule has 2 N–H and O–H groups in total. The normalized spacial score (nSPS) is 19.4. The predicted molar refractivity (Wildman–Crippen MR) is 56.6 cm³/mol. The van der Waals surface area contributed by atoms with E-state index in [2.05, 4.69) is 15.0 Å². The minimum Gasteiger partial charge on any atom is -0.381 e. The molecule has 0 saturated carbocycles. The lowest BCUT2D eigenvalue weighted by atomic mass is 9.93. The average molecular weight is 243 g/mol. The van der Waals surface area contributed by atoms with Gasteiger partial charge in [0.05, 0.1) is 0 Å². The second kappa shape index (κ2) is 5.54. The van der Waals surface area contributed by atoms with Crippen LogP contribution >= 0.6 is 0 Å². The highest BCUT2D eigenvalue weighted by Crippen LogP contribution is 2.34. The third-order valence-electron chi connectivity index (χ3n) is 2.80. The van der Waals surface area contributed by atoms with Gasteiger partial charge >= 0.3 is 0 Å². The van der Waals surface area contributed by atoms with Crippen LogP contribution in [0.5, 0.6) is 0 Å². The van der Waals surface area contributed by atoms with Crippen LogP contribution in [0.15, 0.2) is 4.52 Å². The third kappa shape index (κ3) is 2.63. The smallest absolute Gasteiger partial charge is 0.254 e. The molecule has 17 heavy (non-hydrogen) atoms.